The minimum atomic E-state index is -0.968. The maximum Gasteiger partial charge on any atom is 0.410 e. The van der Waals surface area contributed by atoms with Gasteiger partial charge in [-0.05, 0) is 66.5 Å². The van der Waals surface area contributed by atoms with E-state index in [0.29, 0.717) is 32.0 Å². The Morgan fingerprint density at radius 1 is 0.966 bits per heavy atom. The van der Waals surface area contributed by atoms with Crippen LogP contribution in [0.15, 0.2) is 0 Å². The lowest BCUT2D eigenvalue weighted by atomic mass is 10.1. The van der Waals surface area contributed by atoms with E-state index in [2.05, 4.69) is 5.32 Å². The van der Waals surface area contributed by atoms with E-state index in [4.69, 9.17) is 19.3 Å². The van der Waals surface area contributed by atoms with Crippen molar-refractivity contribution in [2.24, 2.45) is 0 Å². The molecule has 2 aliphatic rings. The highest BCUT2D eigenvalue weighted by molar-refractivity contribution is 5.76. The number of nitrogens with one attached hydrogen (secondary N) is 1. The number of amides is 1. The number of ketones is 1. The van der Waals surface area contributed by atoms with Gasteiger partial charge >= 0.3 is 12.1 Å². The topological polar surface area (TPSA) is 114 Å². The zero-order valence-corrected chi connectivity index (χ0v) is 18.1. The molecule has 0 aromatic carbocycles. The predicted octanol–water partition coefficient (Wildman–Crippen LogP) is 1.83. The molecule has 29 heavy (non-hydrogen) atoms. The van der Waals surface area contributed by atoms with Gasteiger partial charge in [-0.1, -0.05) is 0 Å². The fraction of sp³-hybridized carbons (Fsp3) is 0.850. The van der Waals surface area contributed by atoms with Crippen LogP contribution in [-0.2, 0) is 23.8 Å². The van der Waals surface area contributed by atoms with E-state index < -0.39 is 11.6 Å². The van der Waals surface area contributed by atoms with Gasteiger partial charge in [0, 0.05) is 13.1 Å². The molecule has 0 unspecified atom stereocenters. The maximum atomic E-state index is 11.8. The number of carboxylic acid groups (broad SMARTS) is 1. The number of likely N-dealkylation sites (tertiary alicyclic amines) is 1. The first-order valence-electron chi connectivity index (χ1n) is 10.2. The first kappa shape index (κ1) is 25.3. The van der Waals surface area contributed by atoms with Crippen molar-refractivity contribution in [2.45, 2.75) is 71.2 Å². The number of aliphatic carboxylic acids is 1. The second-order valence-corrected chi connectivity index (χ2v) is 8.33. The lowest BCUT2D eigenvalue weighted by molar-refractivity contribution is -0.145. The van der Waals surface area contributed by atoms with Crippen LogP contribution in [-0.4, -0.2) is 85.1 Å². The summed E-state index contributed by atoms with van der Waals surface area (Å²) in [6, 6.07) is 0. The van der Waals surface area contributed by atoms with Crippen LogP contribution in [0.4, 0.5) is 4.79 Å². The molecule has 2 rings (SSSR count). The number of carbonyl (C=O) groups excluding carboxylic acids is 2. The monoisotopic (exact) mass is 416 g/mol. The second-order valence-electron chi connectivity index (χ2n) is 8.33. The molecule has 168 valence electrons. The van der Waals surface area contributed by atoms with Gasteiger partial charge in [0.1, 0.15) is 18.8 Å². The van der Waals surface area contributed by atoms with Gasteiger partial charge in [0.2, 0.25) is 0 Å². The zero-order chi connectivity index (χ0) is 21.9. The molecule has 0 bridgehead atoms. The van der Waals surface area contributed by atoms with Gasteiger partial charge in [0.25, 0.3) is 0 Å². The maximum absolute atomic E-state index is 11.8. The number of Topliss-reactive ketones (excluding diaryl/α,β-unsaturated/α-hetero) is 1. The summed E-state index contributed by atoms with van der Waals surface area (Å²) in [7, 11) is 0. The molecule has 0 atom stereocenters. The molecule has 0 spiro atoms. The van der Waals surface area contributed by atoms with Gasteiger partial charge in [-0.2, -0.15) is 0 Å². The van der Waals surface area contributed by atoms with Gasteiger partial charge in [-0.3, -0.25) is 4.79 Å². The van der Waals surface area contributed by atoms with E-state index in [1.165, 1.54) is 0 Å². The van der Waals surface area contributed by atoms with Crippen LogP contribution in [0.1, 0.15) is 53.4 Å². The second kappa shape index (κ2) is 12.8. The first-order valence-corrected chi connectivity index (χ1v) is 10.2. The van der Waals surface area contributed by atoms with Crippen LogP contribution in [0.5, 0.6) is 0 Å². The molecular formula is C20H36N2O7. The van der Waals surface area contributed by atoms with Gasteiger partial charge in [0.05, 0.1) is 12.2 Å². The highest BCUT2D eigenvalue weighted by Gasteiger charge is 2.27. The fourth-order valence-corrected chi connectivity index (χ4v) is 2.92. The number of piperidine rings is 2. The van der Waals surface area contributed by atoms with E-state index in [9.17, 15) is 14.4 Å². The summed E-state index contributed by atoms with van der Waals surface area (Å²) in [6.45, 7) is 10.2. The van der Waals surface area contributed by atoms with Crippen LogP contribution >= 0.6 is 0 Å². The smallest absolute Gasteiger partial charge is 0.410 e. The van der Waals surface area contributed by atoms with Gasteiger partial charge in [-0.25, -0.2) is 9.59 Å². The molecule has 0 aromatic rings. The molecule has 9 nitrogen and oxygen atoms in total. The first-order chi connectivity index (χ1) is 13.6. The summed E-state index contributed by atoms with van der Waals surface area (Å²) in [5.74, 6) is -0.854. The van der Waals surface area contributed by atoms with Gasteiger partial charge in [-0.15, -0.1) is 0 Å². The highest BCUT2D eigenvalue weighted by atomic mass is 16.6. The molecule has 2 heterocycles. The SMILES string of the molecule is CC(=O)COC1CCNCC1.CC(C)(C)OC(=O)N1CCC(OCC(=O)O)CC1. The molecule has 2 N–H and O–H groups in total. The normalized spacial score (nSPS) is 18.6. The number of carbonyl (C=O) groups is 3. The summed E-state index contributed by atoms with van der Waals surface area (Å²) in [5.41, 5.74) is -0.492. The summed E-state index contributed by atoms with van der Waals surface area (Å²) >= 11 is 0. The number of nitrogens with zero attached hydrogens (tertiary/aromatic N) is 1. The number of carboxylic acids is 1. The van der Waals surface area contributed by atoms with E-state index in [1.807, 2.05) is 20.8 Å². The Morgan fingerprint density at radius 2 is 1.48 bits per heavy atom. The van der Waals surface area contributed by atoms with Crippen LogP contribution in [0.2, 0.25) is 0 Å². The van der Waals surface area contributed by atoms with Crippen LogP contribution < -0.4 is 5.32 Å². The van der Waals surface area contributed by atoms with Crippen molar-refractivity contribution < 1.29 is 33.7 Å². The summed E-state index contributed by atoms with van der Waals surface area (Å²) in [4.78, 5) is 34.3. The minimum absolute atomic E-state index is 0.0835. The van der Waals surface area contributed by atoms with Crippen molar-refractivity contribution >= 4 is 17.8 Å². The highest BCUT2D eigenvalue weighted by Crippen LogP contribution is 2.17. The van der Waals surface area contributed by atoms with E-state index in [1.54, 1.807) is 11.8 Å². The molecule has 0 aliphatic carbocycles. The predicted molar refractivity (Wildman–Crippen MR) is 107 cm³/mol. The quantitative estimate of drug-likeness (QED) is 0.674. The number of hydrogen-bond donors (Lipinski definition) is 2. The Balaban J connectivity index is 0.000000326. The Kier molecular flexibility index (Phi) is 11.2. The summed E-state index contributed by atoms with van der Waals surface area (Å²) in [5, 5.41) is 11.7. The van der Waals surface area contributed by atoms with Gasteiger partial charge < -0.3 is 29.5 Å². The third-order valence-electron chi connectivity index (χ3n) is 4.34. The molecule has 0 aromatic heterocycles. The van der Waals surface area contributed by atoms with Crippen molar-refractivity contribution in [1.82, 2.24) is 10.2 Å². The van der Waals surface area contributed by atoms with E-state index >= 15 is 0 Å². The lowest BCUT2D eigenvalue weighted by Gasteiger charge is -2.33. The van der Waals surface area contributed by atoms with Crippen LogP contribution in [0, 0.1) is 0 Å². The number of ether oxygens (including phenoxy) is 3. The summed E-state index contributed by atoms with van der Waals surface area (Å²) < 4.78 is 15.8. The molecule has 2 fully saturated rings. The largest absolute Gasteiger partial charge is 0.480 e. The third-order valence-corrected chi connectivity index (χ3v) is 4.34. The molecule has 0 saturated carbocycles. The number of rotatable bonds is 6. The summed E-state index contributed by atoms with van der Waals surface area (Å²) in [6.07, 6.45) is 3.26. The van der Waals surface area contributed by atoms with Crippen molar-refractivity contribution in [3.8, 4) is 0 Å². The minimum Gasteiger partial charge on any atom is -0.480 e. The van der Waals surface area contributed by atoms with Crippen LogP contribution in [0.3, 0.4) is 0 Å². The standard InChI is InChI=1S/C12H21NO5.C8H15NO2/c1-12(2,3)18-11(16)13-6-4-9(5-7-13)17-8-10(14)15;1-7(10)6-11-8-2-4-9-5-3-8/h9H,4-8H2,1-3H3,(H,14,15);8-9H,2-6H2,1H3. The Labute approximate surface area is 173 Å². The van der Waals surface area contributed by atoms with E-state index in [-0.39, 0.29) is 31.2 Å². The Morgan fingerprint density at radius 3 is 1.97 bits per heavy atom. The average molecular weight is 417 g/mol. The van der Waals surface area contributed by atoms with Crippen molar-refractivity contribution in [2.75, 3.05) is 39.4 Å². The molecule has 2 aliphatic heterocycles. The third kappa shape index (κ3) is 12.5. The van der Waals surface area contributed by atoms with Gasteiger partial charge in [0.15, 0.2) is 5.78 Å². The number of hydrogen-bond acceptors (Lipinski definition) is 7. The lowest BCUT2D eigenvalue weighted by Crippen LogP contribution is -2.43. The molecule has 0 radical (unpaired) electrons. The molecule has 1 amide bonds. The van der Waals surface area contributed by atoms with E-state index in [0.717, 1.165) is 25.9 Å². The van der Waals surface area contributed by atoms with Crippen molar-refractivity contribution in [3.05, 3.63) is 0 Å². The Bertz CT molecular complexity index is 519. The molecule has 9 heteroatoms. The van der Waals surface area contributed by atoms with Crippen molar-refractivity contribution in [3.63, 3.8) is 0 Å². The average Bonchev–Trinajstić information content (AvgIpc) is 2.65. The van der Waals surface area contributed by atoms with Crippen LogP contribution in [0.25, 0.3) is 0 Å². The zero-order valence-electron chi connectivity index (χ0n) is 18.1. The molecule has 2 saturated heterocycles. The fourth-order valence-electron chi connectivity index (χ4n) is 2.92. The molecular weight excluding hydrogens is 380 g/mol. The van der Waals surface area contributed by atoms with Crippen molar-refractivity contribution in [1.29, 1.82) is 0 Å². The Hall–Kier alpha value is -1.71.